The van der Waals surface area contributed by atoms with Crippen LogP contribution in [0.1, 0.15) is 20.8 Å². The van der Waals surface area contributed by atoms with Gasteiger partial charge in [0.05, 0.1) is 15.8 Å². The Hall–Kier alpha value is -1.10. The zero-order valence-corrected chi connectivity index (χ0v) is 12.2. The molecule has 1 atom stereocenters. The molecule has 0 radical (unpaired) electrons. The van der Waals surface area contributed by atoms with Crippen LogP contribution < -0.4 is 5.32 Å². The van der Waals surface area contributed by atoms with E-state index >= 15 is 0 Å². The van der Waals surface area contributed by atoms with Gasteiger partial charge in [-0.25, -0.2) is 0 Å². The monoisotopic (exact) mass is 346 g/mol. The number of nitrogens with one attached hydrogen (secondary N) is 1. The molecule has 0 aliphatic rings. The Labute approximate surface area is 114 Å². The summed E-state index contributed by atoms with van der Waals surface area (Å²) in [6, 6.07) is 2.14. The third kappa shape index (κ3) is 3.70. The standard InChI is InChI=1S/C11H15IN4O/c1-8(2)11(3,7-13)15-10(17)6-16-5-9(12)4-14-16/h4-5,8H,6H2,1-3H3,(H,15,17). The molecule has 1 amide bonds. The molecule has 1 aromatic heterocycles. The Kier molecular flexibility index (Phi) is 4.51. The number of aromatic nitrogens is 2. The van der Waals surface area contributed by atoms with Crippen molar-refractivity contribution in [1.29, 1.82) is 5.26 Å². The van der Waals surface area contributed by atoms with Gasteiger partial charge in [-0.3, -0.25) is 9.48 Å². The summed E-state index contributed by atoms with van der Waals surface area (Å²) >= 11 is 2.13. The summed E-state index contributed by atoms with van der Waals surface area (Å²) in [5.74, 6) is -0.156. The van der Waals surface area contributed by atoms with Gasteiger partial charge in [0.15, 0.2) is 0 Å². The van der Waals surface area contributed by atoms with E-state index in [2.05, 4.69) is 39.1 Å². The fourth-order valence-electron chi connectivity index (χ4n) is 1.20. The highest BCUT2D eigenvalue weighted by atomic mass is 127. The van der Waals surface area contributed by atoms with Crippen LogP contribution in [0.2, 0.25) is 0 Å². The lowest BCUT2D eigenvalue weighted by Gasteiger charge is -2.27. The van der Waals surface area contributed by atoms with E-state index in [9.17, 15) is 4.79 Å². The molecule has 5 nitrogen and oxygen atoms in total. The third-order valence-electron chi connectivity index (χ3n) is 2.69. The molecule has 1 aromatic rings. The van der Waals surface area contributed by atoms with Gasteiger partial charge in [-0.05, 0) is 35.4 Å². The normalized spacial score (nSPS) is 14.1. The molecule has 0 bridgehead atoms. The molecule has 1 unspecified atom stereocenters. The van der Waals surface area contributed by atoms with Gasteiger partial charge in [-0.15, -0.1) is 0 Å². The average molecular weight is 346 g/mol. The predicted octanol–water partition coefficient (Wildman–Crippen LogP) is 1.54. The number of carbonyl (C=O) groups is 1. The van der Waals surface area contributed by atoms with Crippen LogP contribution in [0.15, 0.2) is 12.4 Å². The van der Waals surface area contributed by atoms with Crippen molar-refractivity contribution < 1.29 is 4.79 Å². The second-order valence-corrected chi connectivity index (χ2v) is 5.62. The Bertz CT molecular complexity index is 449. The Morgan fingerprint density at radius 1 is 1.76 bits per heavy atom. The second-order valence-electron chi connectivity index (χ2n) is 4.37. The maximum atomic E-state index is 11.8. The van der Waals surface area contributed by atoms with E-state index in [1.807, 2.05) is 13.8 Å². The number of carbonyl (C=O) groups excluding carboxylic acids is 1. The second kappa shape index (κ2) is 5.49. The van der Waals surface area contributed by atoms with E-state index in [0.717, 1.165) is 3.57 Å². The lowest BCUT2D eigenvalue weighted by molar-refractivity contribution is -0.123. The largest absolute Gasteiger partial charge is 0.336 e. The average Bonchev–Trinajstić information content (AvgIpc) is 2.63. The first-order valence-electron chi connectivity index (χ1n) is 5.27. The molecule has 1 N–H and O–H groups in total. The van der Waals surface area contributed by atoms with E-state index < -0.39 is 5.54 Å². The molecule has 0 aliphatic carbocycles. The van der Waals surface area contributed by atoms with Crippen LogP contribution in [-0.2, 0) is 11.3 Å². The number of nitrogens with zero attached hydrogens (tertiary/aromatic N) is 3. The molecule has 0 saturated heterocycles. The first kappa shape index (κ1) is 14.0. The summed E-state index contributed by atoms with van der Waals surface area (Å²) < 4.78 is 2.53. The van der Waals surface area contributed by atoms with Crippen LogP contribution in [0.3, 0.4) is 0 Å². The van der Waals surface area contributed by atoms with Gasteiger partial charge < -0.3 is 5.32 Å². The summed E-state index contributed by atoms with van der Waals surface area (Å²) in [4.78, 5) is 11.8. The van der Waals surface area contributed by atoms with E-state index in [0.29, 0.717) is 0 Å². The fourth-order valence-corrected chi connectivity index (χ4v) is 1.65. The lowest BCUT2D eigenvalue weighted by Crippen LogP contribution is -2.49. The maximum absolute atomic E-state index is 11.8. The number of hydrogen-bond acceptors (Lipinski definition) is 3. The molecule has 17 heavy (non-hydrogen) atoms. The molecule has 0 fully saturated rings. The molecule has 0 spiro atoms. The predicted molar refractivity (Wildman–Crippen MR) is 71.9 cm³/mol. The molecule has 92 valence electrons. The van der Waals surface area contributed by atoms with Crippen molar-refractivity contribution in [3.8, 4) is 6.07 Å². The van der Waals surface area contributed by atoms with Gasteiger partial charge in [0.1, 0.15) is 12.1 Å². The minimum absolute atomic E-state index is 0.0502. The van der Waals surface area contributed by atoms with Crippen LogP contribution in [-0.4, -0.2) is 21.2 Å². The zero-order chi connectivity index (χ0) is 13.1. The van der Waals surface area contributed by atoms with Crippen LogP contribution in [0, 0.1) is 20.8 Å². The van der Waals surface area contributed by atoms with Crippen molar-refractivity contribution in [1.82, 2.24) is 15.1 Å². The van der Waals surface area contributed by atoms with Crippen LogP contribution in [0.25, 0.3) is 0 Å². The SMILES string of the molecule is CC(C)C(C)(C#N)NC(=O)Cn1cc(I)cn1. The van der Waals surface area contributed by atoms with Gasteiger partial charge in [0.25, 0.3) is 0 Å². The van der Waals surface area contributed by atoms with Gasteiger partial charge in [-0.2, -0.15) is 10.4 Å². The smallest absolute Gasteiger partial charge is 0.242 e. The van der Waals surface area contributed by atoms with Gasteiger partial charge in [0, 0.05) is 6.20 Å². The number of amides is 1. The summed E-state index contributed by atoms with van der Waals surface area (Å²) in [5.41, 5.74) is -0.836. The van der Waals surface area contributed by atoms with E-state index in [1.54, 1.807) is 24.0 Å². The van der Waals surface area contributed by atoms with Crippen molar-refractivity contribution >= 4 is 28.5 Å². The van der Waals surface area contributed by atoms with E-state index in [4.69, 9.17) is 5.26 Å². The summed E-state index contributed by atoms with van der Waals surface area (Å²) in [7, 11) is 0. The number of halogens is 1. The Morgan fingerprint density at radius 3 is 2.82 bits per heavy atom. The lowest BCUT2D eigenvalue weighted by atomic mass is 9.90. The summed E-state index contributed by atoms with van der Waals surface area (Å²) in [6.45, 7) is 5.66. The molecular weight excluding hydrogens is 331 g/mol. The number of hydrogen-bond donors (Lipinski definition) is 1. The van der Waals surface area contributed by atoms with Gasteiger partial charge >= 0.3 is 0 Å². The first-order chi connectivity index (χ1) is 7.87. The molecule has 1 rings (SSSR count). The fraction of sp³-hybridized carbons (Fsp3) is 0.545. The van der Waals surface area contributed by atoms with Crippen molar-refractivity contribution in [2.45, 2.75) is 32.9 Å². The van der Waals surface area contributed by atoms with Crippen LogP contribution >= 0.6 is 22.6 Å². The van der Waals surface area contributed by atoms with Gasteiger partial charge in [-0.1, -0.05) is 13.8 Å². The third-order valence-corrected chi connectivity index (χ3v) is 3.25. The highest BCUT2D eigenvalue weighted by Gasteiger charge is 2.29. The van der Waals surface area contributed by atoms with Crippen molar-refractivity contribution in [3.05, 3.63) is 16.0 Å². The summed E-state index contributed by atoms with van der Waals surface area (Å²) in [5, 5.41) is 15.8. The van der Waals surface area contributed by atoms with Crippen molar-refractivity contribution in [2.24, 2.45) is 5.92 Å². The van der Waals surface area contributed by atoms with Crippen LogP contribution in [0.4, 0.5) is 0 Å². The zero-order valence-electron chi connectivity index (χ0n) is 10.1. The quantitative estimate of drug-likeness (QED) is 0.841. The molecule has 0 aromatic carbocycles. The molecule has 0 aliphatic heterocycles. The minimum atomic E-state index is -0.836. The topological polar surface area (TPSA) is 70.7 Å². The highest BCUT2D eigenvalue weighted by molar-refractivity contribution is 14.1. The molecule has 1 heterocycles. The summed E-state index contributed by atoms with van der Waals surface area (Å²) in [6.07, 6.45) is 3.46. The number of rotatable bonds is 4. The Balaban J connectivity index is 2.64. The molecule has 6 heteroatoms. The molecular formula is C11H15IN4O. The van der Waals surface area contributed by atoms with Gasteiger partial charge in [0.2, 0.25) is 5.91 Å². The number of nitriles is 1. The highest BCUT2D eigenvalue weighted by Crippen LogP contribution is 2.14. The minimum Gasteiger partial charge on any atom is -0.336 e. The van der Waals surface area contributed by atoms with Crippen LogP contribution in [0.5, 0.6) is 0 Å². The van der Waals surface area contributed by atoms with E-state index in [1.165, 1.54) is 0 Å². The molecule has 0 saturated carbocycles. The maximum Gasteiger partial charge on any atom is 0.242 e. The van der Waals surface area contributed by atoms with Crippen molar-refractivity contribution in [3.63, 3.8) is 0 Å². The van der Waals surface area contributed by atoms with Crippen molar-refractivity contribution in [2.75, 3.05) is 0 Å². The first-order valence-corrected chi connectivity index (χ1v) is 6.35. The van der Waals surface area contributed by atoms with E-state index in [-0.39, 0.29) is 18.4 Å². The Morgan fingerprint density at radius 2 is 2.41 bits per heavy atom.